The fourth-order valence-corrected chi connectivity index (χ4v) is 2.96. The molecule has 1 nitrogen and oxygen atoms in total. The van der Waals surface area contributed by atoms with E-state index < -0.39 is 0 Å². The highest BCUT2D eigenvalue weighted by atomic mass is 14.4. The van der Waals surface area contributed by atoms with Crippen molar-refractivity contribution in [2.24, 2.45) is 5.73 Å². The van der Waals surface area contributed by atoms with Crippen LogP contribution in [0.4, 0.5) is 0 Å². The van der Waals surface area contributed by atoms with E-state index in [2.05, 4.69) is 83.0 Å². The maximum Gasteiger partial charge on any atom is -0.0126 e. The van der Waals surface area contributed by atoms with Crippen LogP contribution >= 0.6 is 0 Å². The molecule has 0 heterocycles. The van der Waals surface area contributed by atoms with E-state index in [1.54, 1.807) is 0 Å². The number of aryl methyl sites for hydroxylation is 1. The molecule has 162 valence electrons. The van der Waals surface area contributed by atoms with Crippen molar-refractivity contribution in [3.8, 4) is 0 Å². The van der Waals surface area contributed by atoms with Gasteiger partial charge in [-0.3, -0.25) is 0 Å². The Morgan fingerprint density at radius 2 is 1.69 bits per heavy atom. The van der Waals surface area contributed by atoms with Crippen molar-refractivity contribution in [3.63, 3.8) is 0 Å². The van der Waals surface area contributed by atoms with Crippen LogP contribution in [0.1, 0.15) is 83.9 Å². The quantitative estimate of drug-likeness (QED) is 0.416. The number of hydrogen-bond acceptors (Lipinski definition) is 1. The van der Waals surface area contributed by atoms with E-state index in [4.69, 9.17) is 0 Å². The van der Waals surface area contributed by atoms with Gasteiger partial charge in [-0.25, -0.2) is 0 Å². The van der Waals surface area contributed by atoms with Crippen LogP contribution in [-0.2, 0) is 0 Å². The summed E-state index contributed by atoms with van der Waals surface area (Å²) in [6.07, 6.45) is 12.8. The van der Waals surface area contributed by atoms with Crippen LogP contribution in [0.15, 0.2) is 66.8 Å². The Morgan fingerprint density at radius 3 is 2.17 bits per heavy atom. The molecule has 0 spiro atoms. The standard InChI is InChI=1S/C25H34.C2H6.CH5N/c1-8-11-13-15-21(6)25(20(5)14-12-9-2)24-17-16-23(18-22(24)7)19(4)10-3;2*1-2/h8,11,13,15-18H,4-5,9-10,12,14H2,1-3,6-7H3;1-2H3;2H2,1H3/b11-8-,15-13-,25-21+;;. The molecule has 1 heteroatoms. The first-order valence-electron chi connectivity index (χ1n) is 11.0. The predicted octanol–water partition coefficient (Wildman–Crippen LogP) is 8.67. The van der Waals surface area contributed by atoms with Crippen molar-refractivity contribution in [1.29, 1.82) is 0 Å². The molecule has 0 atom stereocenters. The molecule has 0 saturated carbocycles. The molecule has 2 N–H and O–H groups in total. The highest BCUT2D eigenvalue weighted by Gasteiger charge is 2.12. The molecule has 0 unspecified atom stereocenters. The first-order valence-corrected chi connectivity index (χ1v) is 11.0. The van der Waals surface area contributed by atoms with Crippen LogP contribution in [0, 0.1) is 6.92 Å². The zero-order valence-electron chi connectivity index (χ0n) is 20.4. The van der Waals surface area contributed by atoms with Gasteiger partial charge >= 0.3 is 0 Å². The molecule has 1 aromatic rings. The van der Waals surface area contributed by atoms with Gasteiger partial charge in [0.25, 0.3) is 0 Å². The third-order valence-corrected chi connectivity index (χ3v) is 4.56. The van der Waals surface area contributed by atoms with E-state index in [0.717, 1.165) is 12.8 Å². The topological polar surface area (TPSA) is 26.0 Å². The highest BCUT2D eigenvalue weighted by molar-refractivity contribution is 5.84. The van der Waals surface area contributed by atoms with Crippen molar-refractivity contribution >= 4 is 11.1 Å². The Bertz CT molecular complexity index is 699. The van der Waals surface area contributed by atoms with Crippen molar-refractivity contribution in [2.75, 3.05) is 7.05 Å². The second-order valence-corrected chi connectivity index (χ2v) is 6.64. The van der Waals surface area contributed by atoms with Crippen LogP contribution in [0.3, 0.4) is 0 Å². The molecular formula is C28H45N. The second-order valence-electron chi connectivity index (χ2n) is 6.64. The Morgan fingerprint density at radius 1 is 1.07 bits per heavy atom. The molecule has 0 fully saturated rings. The molecule has 0 radical (unpaired) electrons. The summed E-state index contributed by atoms with van der Waals surface area (Å²) in [6.45, 7) is 23.4. The van der Waals surface area contributed by atoms with Gasteiger partial charge in [0.1, 0.15) is 0 Å². The summed E-state index contributed by atoms with van der Waals surface area (Å²) < 4.78 is 0. The van der Waals surface area contributed by atoms with E-state index in [-0.39, 0.29) is 0 Å². The average Bonchev–Trinajstić information content (AvgIpc) is 2.76. The molecule has 0 aromatic heterocycles. The summed E-state index contributed by atoms with van der Waals surface area (Å²) >= 11 is 0. The molecule has 0 aliphatic rings. The van der Waals surface area contributed by atoms with Crippen LogP contribution in [0.25, 0.3) is 11.1 Å². The Labute approximate surface area is 181 Å². The second kappa shape index (κ2) is 17.9. The van der Waals surface area contributed by atoms with Crippen LogP contribution < -0.4 is 5.73 Å². The van der Waals surface area contributed by atoms with E-state index in [9.17, 15) is 0 Å². The monoisotopic (exact) mass is 395 g/mol. The van der Waals surface area contributed by atoms with Gasteiger partial charge in [-0.05, 0) is 86.1 Å². The lowest BCUT2D eigenvalue weighted by molar-refractivity contribution is 0.801. The van der Waals surface area contributed by atoms with Gasteiger partial charge in [0, 0.05) is 0 Å². The largest absolute Gasteiger partial charge is 0.333 e. The molecule has 1 aromatic carbocycles. The van der Waals surface area contributed by atoms with Gasteiger partial charge in [0.05, 0.1) is 0 Å². The third kappa shape index (κ3) is 10.3. The Hall–Kier alpha value is -2.12. The molecule has 1 rings (SSSR count). The zero-order valence-corrected chi connectivity index (χ0v) is 20.4. The van der Waals surface area contributed by atoms with Gasteiger partial charge in [-0.15, -0.1) is 0 Å². The van der Waals surface area contributed by atoms with Crippen LogP contribution in [0.2, 0.25) is 0 Å². The molecular weight excluding hydrogens is 350 g/mol. The van der Waals surface area contributed by atoms with E-state index in [0.29, 0.717) is 0 Å². The lowest BCUT2D eigenvalue weighted by Gasteiger charge is -2.17. The summed E-state index contributed by atoms with van der Waals surface area (Å²) in [4.78, 5) is 0. The van der Waals surface area contributed by atoms with Gasteiger partial charge in [0.2, 0.25) is 0 Å². The third-order valence-electron chi connectivity index (χ3n) is 4.56. The minimum absolute atomic E-state index is 0.982. The number of hydrogen-bond donors (Lipinski definition) is 1. The lowest BCUT2D eigenvalue weighted by atomic mass is 9.87. The van der Waals surface area contributed by atoms with E-state index in [1.807, 2.05) is 26.8 Å². The average molecular weight is 396 g/mol. The SMILES string of the molecule is C=C(CCCC)\C(=C(C)/C=C\C=C/C)c1ccc(C(=C)CC)cc1C.CC.CN. The van der Waals surface area contributed by atoms with Crippen LogP contribution in [0.5, 0.6) is 0 Å². The molecule has 0 bridgehead atoms. The van der Waals surface area contributed by atoms with Crippen molar-refractivity contribution < 1.29 is 0 Å². The van der Waals surface area contributed by atoms with Gasteiger partial charge in [-0.1, -0.05) is 89.8 Å². The van der Waals surface area contributed by atoms with Crippen molar-refractivity contribution in [2.45, 2.75) is 74.1 Å². The molecule has 0 amide bonds. The first kappa shape index (κ1) is 29.1. The fraction of sp³-hybridized carbons (Fsp3) is 0.429. The van der Waals surface area contributed by atoms with E-state index in [1.165, 1.54) is 58.9 Å². The normalized spacial score (nSPS) is 11.3. The lowest BCUT2D eigenvalue weighted by Crippen LogP contribution is -1.97. The van der Waals surface area contributed by atoms with Crippen molar-refractivity contribution in [1.82, 2.24) is 0 Å². The molecule has 0 aliphatic carbocycles. The first-order chi connectivity index (χ1) is 14.0. The highest BCUT2D eigenvalue weighted by Crippen LogP contribution is 2.33. The maximum atomic E-state index is 4.50. The summed E-state index contributed by atoms with van der Waals surface area (Å²) in [5.41, 5.74) is 13.3. The fourth-order valence-electron chi connectivity index (χ4n) is 2.96. The number of allylic oxidation sites excluding steroid dienone is 8. The van der Waals surface area contributed by atoms with E-state index >= 15 is 0 Å². The summed E-state index contributed by atoms with van der Waals surface area (Å²) in [5.74, 6) is 0. The number of rotatable bonds is 9. The van der Waals surface area contributed by atoms with Gasteiger partial charge < -0.3 is 5.73 Å². The van der Waals surface area contributed by atoms with Gasteiger partial charge in [-0.2, -0.15) is 0 Å². The summed E-state index contributed by atoms with van der Waals surface area (Å²) in [6, 6.07) is 6.70. The summed E-state index contributed by atoms with van der Waals surface area (Å²) in [7, 11) is 1.50. The number of benzene rings is 1. The van der Waals surface area contributed by atoms with Crippen LogP contribution in [-0.4, -0.2) is 7.05 Å². The minimum atomic E-state index is 0.982. The Balaban J connectivity index is 0. The van der Waals surface area contributed by atoms with Crippen molar-refractivity contribution in [3.05, 3.63) is 83.5 Å². The predicted molar refractivity (Wildman–Crippen MR) is 137 cm³/mol. The molecule has 29 heavy (non-hydrogen) atoms. The zero-order chi connectivity index (χ0) is 22.8. The number of unbranched alkanes of at least 4 members (excludes halogenated alkanes) is 1. The Kier molecular flexibility index (Phi) is 18.0. The number of nitrogens with two attached hydrogens (primary N) is 1. The van der Waals surface area contributed by atoms with Gasteiger partial charge in [0.15, 0.2) is 0 Å². The summed E-state index contributed by atoms with van der Waals surface area (Å²) in [5, 5.41) is 0. The maximum absolute atomic E-state index is 4.50. The molecule has 0 aliphatic heterocycles. The molecule has 0 saturated heterocycles. The smallest absolute Gasteiger partial charge is 0.0126 e. The minimum Gasteiger partial charge on any atom is -0.333 e.